The molecule has 1 aromatic carbocycles. The second-order valence-corrected chi connectivity index (χ2v) is 5.22. The van der Waals surface area contributed by atoms with Crippen LogP contribution in [0.3, 0.4) is 0 Å². The Labute approximate surface area is 135 Å². The predicted molar refractivity (Wildman–Crippen MR) is 87.6 cm³/mol. The summed E-state index contributed by atoms with van der Waals surface area (Å²) in [5.41, 5.74) is 3.35. The third-order valence-corrected chi connectivity index (χ3v) is 3.84. The van der Waals surface area contributed by atoms with Gasteiger partial charge in [0.05, 0.1) is 25.9 Å². The highest BCUT2D eigenvalue weighted by molar-refractivity contribution is 6.02. The van der Waals surface area contributed by atoms with Crippen LogP contribution in [0.1, 0.15) is 10.4 Å². The van der Waals surface area contributed by atoms with Crippen LogP contribution in [0.25, 0.3) is 11.1 Å². The number of nitrogens with zero attached hydrogens (tertiary/aromatic N) is 2. The molecule has 0 unspecified atom stereocenters. The number of hydrogen-bond acceptors (Lipinski definition) is 5. The van der Waals surface area contributed by atoms with E-state index in [0.717, 1.165) is 16.8 Å². The average molecular weight is 313 g/mol. The Morgan fingerprint density at radius 3 is 2.91 bits per heavy atom. The summed E-state index contributed by atoms with van der Waals surface area (Å²) in [7, 11) is 3.23. The number of benzene rings is 1. The van der Waals surface area contributed by atoms with E-state index in [1.54, 1.807) is 25.3 Å². The molecule has 0 spiro atoms. The normalized spacial score (nSPS) is 13.5. The lowest BCUT2D eigenvalue weighted by molar-refractivity contribution is 0.0700. The quantitative estimate of drug-likeness (QED) is 0.917. The van der Waals surface area contributed by atoms with E-state index in [2.05, 4.69) is 10.3 Å². The van der Waals surface area contributed by atoms with Crippen LogP contribution in [0.4, 0.5) is 5.69 Å². The molecule has 1 aromatic heterocycles. The molecule has 120 valence electrons. The maximum absolute atomic E-state index is 12.5. The van der Waals surface area contributed by atoms with Gasteiger partial charge in [-0.2, -0.15) is 0 Å². The van der Waals surface area contributed by atoms with E-state index in [-0.39, 0.29) is 5.91 Å². The summed E-state index contributed by atoms with van der Waals surface area (Å²) in [6.45, 7) is 1.57. The van der Waals surface area contributed by atoms with Crippen molar-refractivity contribution in [1.82, 2.24) is 9.88 Å². The average Bonchev–Trinajstić information content (AvgIpc) is 2.61. The standard InChI is InChI=1S/C17H19N3O3/c1-22-9-8-20-11-19-15-10-12(5-6-14(15)17(20)21)13-4-3-7-18-16(13)23-2/h3-7,10,19H,8-9,11H2,1-2H3. The van der Waals surface area contributed by atoms with Crippen LogP contribution in [-0.2, 0) is 4.74 Å². The van der Waals surface area contributed by atoms with Crippen LogP contribution in [0.2, 0.25) is 0 Å². The molecule has 0 aliphatic carbocycles. The summed E-state index contributed by atoms with van der Waals surface area (Å²) in [6, 6.07) is 9.52. The maximum Gasteiger partial charge on any atom is 0.257 e. The lowest BCUT2D eigenvalue weighted by Gasteiger charge is -2.29. The van der Waals surface area contributed by atoms with E-state index in [4.69, 9.17) is 9.47 Å². The van der Waals surface area contributed by atoms with Gasteiger partial charge in [0.1, 0.15) is 0 Å². The Hall–Kier alpha value is -2.60. The van der Waals surface area contributed by atoms with E-state index >= 15 is 0 Å². The van der Waals surface area contributed by atoms with Crippen LogP contribution >= 0.6 is 0 Å². The number of rotatable bonds is 5. The maximum atomic E-state index is 12.5. The van der Waals surface area contributed by atoms with Crippen molar-refractivity contribution in [2.75, 3.05) is 39.4 Å². The fourth-order valence-corrected chi connectivity index (χ4v) is 2.62. The molecular weight excluding hydrogens is 294 g/mol. The number of carbonyl (C=O) groups is 1. The molecule has 0 saturated carbocycles. The van der Waals surface area contributed by atoms with Crippen LogP contribution in [0, 0.1) is 0 Å². The minimum Gasteiger partial charge on any atom is -0.481 e. The monoisotopic (exact) mass is 313 g/mol. The first-order valence-corrected chi connectivity index (χ1v) is 7.40. The van der Waals surface area contributed by atoms with Crippen molar-refractivity contribution in [2.45, 2.75) is 0 Å². The van der Waals surface area contributed by atoms with Crippen molar-refractivity contribution >= 4 is 11.6 Å². The van der Waals surface area contributed by atoms with Crippen LogP contribution in [0.5, 0.6) is 5.88 Å². The molecule has 6 heteroatoms. The highest BCUT2D eigenvalue weighted by atomic mass is 16.5. The van der Waals surface area contributed by atoms with Gasteiger partial charge in [-0.15, -0.1) is 0 Å². The largest absolute Gasteiger partial charge is 0.481 e. The first kappa shape index (κ1) is 15.3. The number of amides is 1. The lowest BCUT2D eigenvalue weighted by atomic mass is 10.0. The Morgan fingerprint density at radius 1 is 1.26 bits per heavy atom. The Morgan fingerprint density at radius 2 is 2.13 bits per heavy atom. The minimum absolute atomic E-state index is 0.0144. The zero-order chi connectivity index (χ0) is 16.2. The molecule has 0 saturated heterocycles. The molecule has 1 aliphatic heterocycles. The van der Waals surface area contributed by atoms with Gasteiger partial charge in [-0.3, -0.25) is 4.79 Å². The fraction of sp³-hybridized carbons (Fsp3) is 0.294. The molecule has 2 aromatic rings. The van der Waals surface area contributed by atoms with Crippen LogP contribution < -0.4 is 10.1 Å². The van der Waals surface area contributed by atoms with Gasteiger partial charge in [0.2, 0.25) is 5.88 Å². The number of hydrogen-bond donors (Lipinski definition) is 1. The van der Waals surface area contributed by atoms with Gasteiger partial charge in [-0.25, -0.2) is 4.98 Å². The molecular formula is C17H19N3O3. The number of ether oxygens (including phenoxy) is 2. The van der Waals surface area contributed by atoms with E-state index < -0.39 is 0 Å². The summed E-state index contributed by atoms with van der Waals surface area (Å²) < 4.78 is 10.3. The first-order chi connectivity index (χ1) is 11.2. The molecule has 0 radical (unpaired) electrons. The number of aromatic nitrogens is 1. The molecule has 1 N–H and O–H groups in total. The van der Waals surface area contributed by atoms with E-state index in [1.807, 2.05) is 30.3 Å². The number of pyridine rings is 1. The third-order valence-electron chi connectivity index (χ3n) is 3.84. The number of methoxy groups -OCH3 is 2. The van der Waals surface area contributed by atoms with Crippen LogP contribution in [0.15, 0.2) is 36.5 Å². The number of nitrogens with one attached hydrogen (secondary N) is 1. The fourth-order valence-electron chi connectivity index (χ4n) is 2.62. The van der Waals surface area contributed by atoms with Gasteiger partial charge in [-0.05, 0) is 29.8 Å². The zero-order valence-corrected chi connectivity index (χ0v) is 13.2. The number of fused-ring (bicyclic) bond motifs is 1. The second kappa shape index (κ2) is 6.66. The summed E-state index contributed by atoms with van der Waals surface area (Å²) in [4.78, 5) is 18.4. The van der Waals surface area contributed by atoms with Gasteiger partial charge in [0.25, 0.3) is 5.91 Å². The van der Waals surface area contributed by atoms with Gasteiger partial charge in [-0.1, -0.05) is 6.07 Å². The van der Waals surface area contributed by atoms with Gasteiger partial charge >= 0.3 is 0 Å². The van der Waals surface area contributed by atoms with Gasteiger partial charge in [0, 0.05) is 31.1 Å². The van der Waals surface area contributed by atoms with Gasteiger partial charge < -0.3 is 19.7 Å². The highest BCUT2D eigenvalue weighted by Crippen LogP contribution is 2.32. The third kappa shape index (κ3) is 2.98. The highest BCUT2D eigenvalue weighted by Gasteiger charge is 2.24. The summed E-state index contributed by atoms with van der Waals surface area (Å²) in [5, 5.41) is 3.29. The smallest absolute Gasteiger partial charge is 0.257 e. The summed E-state index contributed by atoms with van der Waals surface area (Å²) in [5.74, 6) is 0.580. The van der Waals surface area contributed by atoms with E-state index in [0.29, 0.717) is 31.3 Å². The molecule has 1 amide bonds. The Kier molecular flexibility index (Phi) is 4.43. The summed E-state index contributed by atoms with van der Waals surface area (Å²) in [6.07, 6.45) is 1.69. The molecule has 6 nitrogen and oxygen atoms in total. The number of anilines is 1. The van der Waals surface area contributed by atoms with Crippen molar-refractivity contribution in [3.8, 4) is 17.0 Å². The molecule has 0 bridgehead atoms. The first-order valence-electron chi connectivity index (χ1n) is 7.40. The Balaban J connectivity index is 1.91. The second-order valence-electron chi connectivity index (χ2n) is 5.22. The van der Waals surface area contributed by atoms with Crippen molar-refractivity contribution in [3.05, 3.63) is 42.1 Å². The lowest BCUT2D eigenvalue weighted by Crippen LogP contribution is -2.41. The molecule has 1 aliphatic rings. The van der Waals surface area contributed by atoms with E-state index in [1.165, 1.54) is 0 Å². The van der Waals surface area contributed by atoms with Gasteiger partial charge in [0.15, 0.2) is 0 Å². The number of carbonyl (C=O) groups excluding carboxylic acids is 1. The van der Waals surface area contributed by atoms with Crippen LogP contribution in [-0.4, -0.2) is 49.8 Å². The summed E-state index contributed by atoms with van der Waals surface area (Å²) >= 11 is 0. The molecule has 0 atom stereocenters. The van der Waals surface area contributed by atoms with Crippen molar-refractivity contribution in [2.24, 2.45) is 0 Å². The predicted octanol–water partition coefficient (Wildman–Crippen LogP) is 2.23. The van der Waals surface area contributed by atoms with E-state index in [9.17, 15) is 4.79 Å². The SMILES string of the molecule is COCCN1CNc2cc(-c3cccnc3OC)ccc2C1=O. The van der Waals surface area contributed by atoms with Crippen molar-refractivity contribution in [3.63, 3.8) is 0 Å². The molecule has 0 fully saturated rings. The Bertz CT molecular complexity index is 718. The van der Waals surface area contributed by atoms with Crippen molar-refractivity contribution in [1.29, 1.82) is 0 Å². The minimum atomic E-state index is 0.0144. The molecule has 2 heterocycles. The molecule has 3 rings (SSSR count). The topological polar surface area (TPSA) is 63.7 Å². The van der Waals surface area contributed by atoms with Crippen molar-refractivity contribution < 1.29 is 14.3 Å². The zero-order valence-electron chi connectivity index (χ0n) is 13.2. The molecule has 23 heavy (non-hydrogen) atoms.